The highest BCUT2D eigenvalue weighted by Crippen LogP contribution is 2.16. The lowest BCUT2D eigenvalue weighted by Crippen LogP contribution is -2.52. The van der Waals surface area contributed by atoms with Crippen molar-refractivity contribution in [2.45, 2.75) is 51.2 Å². The molecule has 0 aliphatic carbocycles. The van der Waals surface area contributed by atoms with Crippen molar-refractivity contribution >= 4 is 11.9 Å². The molecule has 2 aliphatic heterocycles. The van der Waals surface area contributed by atoms with Gasteiger partial charge in [-0.1, -0.05) is 24.3 Å². The first-order chi connectivity index (χ1) is 14.0. The molecule has 2 heterocycles. The Bertz CT molecular complexity index is 680. The first-order valence-electron chi connectivity index (χ1n) is 10.8. The van der Waals surface area contributed by atoms with Crippen molar-refractivity contribution in [3.63, 3.8) is 0 Å². The molecule has 2 fully saturated rings. The van der Waals surface area contributed by atoms with Crippen LogP contribution in [0.3, 0.4) is 0 Å². The maximum atomic E-state index is 12.4. The second-order valence-electron chi connectivity index (χ2n) is 8.32. The molecular weight excluding hydrogens is 366 g/mol. The summed E-state index contributed by atoms with van der Waals surface area (Å²) in [6.07, 6.45) is 3.76. The first kappa shape index (κ1) is 21.6. The van der Waals surface area contributed by atoms with E-state index in [1.54, 1.807) is 7.05 Å². The van der Waals surface area contributed by atoms with Gasteiger partial charge in [-0.2, -0.15) is 0 Å². The van der Waals surface area contributed by atoms with Crippen molar-refractivity contribution in [2.24, 2.45) is 0 Å². The standard InChI is InChI=1S/C22H35N5O2/c1-17-5-3-4-6-18(17)15-26-11-7-19(8-12-26)24-22(29)25-20-9-13-27(14-10-20)16-21(28)23-2/h3-6,19-20H,7-16H2,1-2H3,(H,23,28)(H2,24,25,29). The number of urea groups is 1. The molecule has 3 rings (SSSR count). The number of benzene rings is 1. The fourth-order valence-corrected chi connectivity index (χ4v) is 4.19. The van der Waals surface area contributed by atoms with Crippen molar-refractivity contribution in [1.29, 1.82) is 0 Å². The number of likely N-dealkylation sites (N-methyl/N-ethyl adjacent to an activating group) is 1. The van der Waals surface area contributed by atoms with Gasteiger partial charge in [0.15, 0.2) is 0 Å². The molecule has 0 saturated carbocycles. The van der Waals surface area contributed by atoms with Gasteiger partial charge in [0.05, 0.1) is 6.54 Å². The maximum Gasteiger partial charge on any atom is 0.315 e. The summed E-state index contributed by atoms with van der Waals surface area (Å²) >= 11 is 0. The molecule has 2 aliphatic rings. The Morgan fingerprint density at radius 2 is 1.48 bits per heavy atom. The quantitative estimate of drug-likeness (QED) is 0.675. The van der Waals surface area contributed by atoms with Crippen molar-refractivity contribution < 1.29 is 9.59 Å². The molecule has 160 valence electrons. The largest absolute Gasteiger partial charge is 0.358 e. The van der Waals surface area contributed by atoms with Gasteiger partial charge in [0.2, 0.25) is 5.91 Å². The zero-order valence-corrected chi connectivity index (χ0v) is 17.7. The summed E-state index contributed by atoms with van der Waals surface area (Å²) < 4.78 is 0. The second-order valence-corrected chi connectivity index (χ2v) is 8.32. The van der Waals surface area contributed by atoms with Crippen LogP contribution in [-0.4, -0.2) is 73.6 Å². The van der Waals surface area contributed by atoms with Crippen LogP contribution in [0.2, 0.25) is 0 Å². The van der Waals surface area contributed by atoms with Gasteiger partial charge in [0, 0.05) is 51.9 Å². The molecular formula is C22H35N5O2. The number of carbonyl (C=O) groups excluding carboxylic acids is 2. The van der Waals surface area contributed by atoms with Crippen LogP contribution in [0, 0.1) is 6.92 Å². The summed E-state index contributed by atoms with van der Waals surface area (Å²) in [5.41, 5.74) is 2.73. The Balaban J connectivity index is 1.33. The van der Waals surface area contributed by atoms with Gasteiger partial charge >= 0.3 is 6.03 Å². The van der Waals surface area contributed by atoms with Gasteiger partial charge in [-0.3, -0.25) is 14.6 Å². The zero-order valence-electron chi connectivity index (χ0n) is 17.7. The molecule has 7 heteroatoms. The summed E-state index contributed by atoms with van der Waals surface area (Å²) in [6, 6.07) is 8.94. The van der Waals surface area contributed by atoms with Gasteiger partial charge in [0.1, 0.15) is 0 Å². The third-order valence-electron chi connectivity index (χ3n) is 6.15. The molecule has 3 N–H and O–H groups in total. The predicted octanol–water partition coefficient (Wildman–Crippen LogP) is 1.47. The molecule has 7 nitrogen and oxygen atoms in total. The minimum Gasteiger partial charge on any atom is -0.358 e. The van der Waals surface area contributed by atoms with Crippen molar-refractivity contribution in [2.75, 3.05) is 39.8 Å². The number of hydrogen-bond acceptors (Lipinski definition) is 4. The Kier molecular flexibility index (Phi) is 7.89. The summed E-state index contributed by atoms with van der Waals surface area (Å²) in [7, 11) is 1.66. The molecule has 1 aromatic carbocycles. The van der Waals surface area contributed by atoms with Crippen LogP contribution in [0.15, 0.2) is 24.3 Å². The number of piperidine rings is 2. The molecule has 0 unspecified atom stereocenters. The fraction of sp³-hybridized carbons (Fsp3) is 0.636. The van der Waals surface area contributed by atoms with Gasteiger partial charge in [-0.05, 0) is 43.7 Å². The predicted molar refractivity (Wildman–Crippen MR) is 115 cm³/mol. The average Bonchev–Trinajstić information content (AvgIpc) is 2.72. The Morgan fingerprint density at radius 1 is 0.931 bits per heavy atom. The van der Waals surface area contributed by atoms with E-state index in [0.29, 0.717) is 6.54 Å². The van der Waals surface area contributed by atoms with E-state index < -0.39 is 0 Å². The SMILES string of the molecule is CNC(=O)CN1CCC(NC(=O)NC2CCN(Cc3ccccc3C)CC2)CC1. The van der Waals surface area contributed by atoms with E-state index >= 15 is 0 Å². The number of amides is 3. The normalized spacial score (nSPS) is 19.7. The van der Waals surface area contributed by atoms with Gasteiger partial charge in [-0.15, -0.1) is 0 Å². The maximum absolute atomic E-state index is 12.4. The lowest BCUT2D eigenvalue weighted by atomic mass is 10.0. The number of carbonyl (C=O) groups is 2. The molecule has 29 heavy (non-hydrogen) atoms. The number of nitrogens with one attached hydrogen (secondary N) is 3. The van der Waals surface area contributed by atoms with Crippen molar-refractivity contribution in [3.05, 3.63) is 35.4 Å². The lowest BCUT2D eigenvalue weighted by molar-refractivity contribution is -0.122. The fourth-order valence-electron chi connectivity index (χ4n) is 4.19. The highest BCUT2D eigenvalue weighted by atomic mass is 16.2. The summed E-state index contributed by atoms with van der Waals surface area (Å²) in [6.45, 7) is 7.30. The highest BCUT2D eigenvalue weighted by Gasteiger charge is 2.24. The van der Waals surface area contributed by atoms with Crippen LogP contribution in [0.1, 0.15) is 36.8 Å². The van der Waals surface area contributed by atoms with Crippen LogP contribution >= 0.6 is 0 Å². The molecule has 0 radical (unpaired) electrons. The monoisotopic (exact) mass is 401 g/mol. The highest BCUT2D eigenvalue weighted by molar-refractivity contribution is 5.77. The molecule has 0 aromatic heterocycles. The van der Waals surface area contributed by atoms with E-state index in [2.05, 4.69) is 56.9 Å². The van der Waals surface area contributed by atoms with E-state index in [9.17, 15) is 9.59 Å². The van der Waals surface area contributed by atoms with E-state index in [-0.39, 0.29) is 24.0 Å². The average molecular weight is 402 g/mol. The Hall–Kier alpha value is -2.12. The first-order valence-corrected chi connectivity index (χ1v) is 10.8. The molecule has 0 bridgehead atoms. The van der Waals surface area contributed by atoms with Gasteiger partial charge in [-0.25, -0.2) is 4.79 Å². The molecule has 0 atom stereocenters. The smallest absolute Gasteiger partial charge is 0.315 e. The molecule has 0 spiro atoms. The van der Waals surface area contributed by atoms with Crippen LogP contribution in [-0.2, 0) is 11.3 Å². The number of likely N-dealkylation sites (tertiary alicyclic amines) is 2. The van der Waals surface area contributed by atoms with Crippen LogP contribution in [0.4, 0.5) is 4.79 Å². The van der Waals surface area contributed by atoms with Gasteiger partial charge in [0.25, 0.3) is 0 Å². The van der Waals surface area contributed by atoms with Crippen LogP contribution in [0.5, 0.6) is 0 Å². The number of hydrogen-bond donors (Lipinski definition) is 3. The van der Waals surface area contributed by atoms with Gasteiger partial charge < -0.3 is 16.0 Å². The second kappa shape index (κ2) is 10.6. The minimum absolute atomic E-state index is 0.0444. The van der Waals surface area contributed by atoms with Crippen LogP contribution < -0.4 is 16.0 Å². The third kappa shape index (κ3) is 6.72. The van der Waals surface area contributed by atoms with E-state index in [4.69, 9.17) is 0 Å². The lowest BCUT2D eigenvalue weighted by Gasteiger charge is -2.34. The minimum atomic E-state index is -0.0490. The van der Waals surface area contributed by atoms with E-state index in [0.717, 1.165) is 58.4 Å². The summed E-state index contributed by atoms with van der Waals surface area (Å²) in [5, 5.41) is 8.94. The summed E-state index contributed by atoms with van der Waals surface area (Å²) in [4.78, 5) is 28.5. The zero-order chi connectivity index (χ0) is 20.6. The number of aryl methyl sites for hydroxylation is 1. The van der Waals surface area contributed by atoms with Crippen LogP contribution in [0.25, 0.3) is 0 Å². The molecule has 3 amide bonds. The van der Waals surface area contributed by atoms with Crippen molar-refractivity contribution in [1.82, 2.24) is 25.8 Å². The summed E-state index contributed by atoms with van der Waals surface area (Å²) in [5.74, 6) is 0.0444. The Morgan fingerprint density at radius 3 is 2.03 bits per heavy atom. The topological polar surface area (TPSA) is 76.7 Å². The van der Waals surface area contributed by atoms with Crippen molar-refractivity contribution in [3.8, 4) is 0 Å². The molecule has 2 saturated heterocycles. The van der Waals surface area contributed by atoms with E-state index in [1.165, 1.54) is 11.1 Å². The molecule has 1 aromatic rings. The number of rotatable bonds is 6. The van der Waals surface area contributed by atoms with E-state index in [1.807, 2.05) is 0 Å². The number of nitrogens with zero attached hydrogens (tertiary/aromatic N) is 2. The Labute approximate surface area is 174 Å². The third-order valence-corrected chi connectivity index (χ3v) is 6.15.